The zero-order valence-corrected chi connectivity index (χ0v) is 18.6. The number of hydrogen-bond donors (Lipinski definition) is 0. The van der Waals surface area contributed by atoms with Crippen molar-refractivity contribution in [2.75, 3.05) is 14.1 Å². The molecule has 0 spiro atoms. The van der Waals surface area contributed by atoms with Crippen LogP contribution in [0.2, 0.25) is 5.02 Å². The SMILES string of the molecule is CN(C)C(=O)[C@H](Sc1nnc(-c2ccncc2)n1-c1ccc(Cl)cc1)c1ccccc1. The first-order valence-electron chi connectivity index (χ1n) is 9.59. The molecular weight excluding hydrogens is 430 g/mol. The first-order valence-corrected chi connectivity index (χ1v) is 10.8. The fraction of sp³-hybridized carbons (Fsp3) is 0.130. The van der Waals surface area contributed by atoms with E-state index in [1.54, 1.807) is 31.4 Å². The highest BCUT2D eigenvalue weighted by atomic mass is 35.5. The summed E-state index contributed by atoms with van der Waals surface area (Å²) in [5.74, 6) is 0.642. The van der Waals surface area contributed by atoms with Gasteiger partial charge in [-0.05, 0) is 42.0 Å². The van der Waals surface area contributed by atoms with Crippen LogP contribution in [0.25, 0.3) is 17.1 Å². The number of thioether (sulfide) groups is 1. The molecule has 4 rings (SSSR count). The van der Waals surface area contributed by atoms with Crippen molar-refractivity contribution in [1.82, 2.24) is 24.6 Å². The third-order valence-corrected chi connectivity index (χ3v) is 6.08. The highest BCUT2D eigenvalue weighted by molar-refractivity contribution is 8.00. The van der Waals surface area contributed by atoms with E-state index in [9.17, 15) is 4.79 Å². The predicted molar refractivity (Wildman–Crippen MR) is 123 cm³/mol. The molecule has 0 N–H and O–H groups in total. The standard InChI is InChI=1S/C23H20ClN5OS/c1-28(2)22(30)20(16-6-4-3-5-7-16)31-23-27-26-21(17-12-14-25-15-13-17)29(23)19-10-8-18(24)9-11-19/h3-15,20H,1-2H3/t20-/m1/s1. The molecule has 0 aliphatic rings. The summed E-state index contributed by atoms with van der Waals surface area (Å²) in [5.41, 5.74) is 2.63. The van der Waals surface area contributed by atoms with E-state index >= 15 is 0 Å². The van der Waals surface area contributed by atoms with Crippen molar-refractivity contribution < 1.29 is 4.79 Å². The molecule has 0 saturated carbocycles. The third-order valence-electron chi connectivity index (χ3n) is 4.65. The van der Waals surface area contributed by atoms with Crippen LogP contribution in [0.15, 0.2) is 84.3 Å². The van der Waals surface area contributed by atoms with Crippen LogP contribution in [0.4, 0.5) is 0 Å². The highest BCUT2D eigenvalue weighted by Gasteiger charge is 2.27. The third kappa shape index (κ3) is 4.62. The Morgan fingerprint density at radius 1 is 0.968 bits per heavy atom. The zero-order valence-electron chi connectivity index (χ0n) is 17.0. The Labute approximate surface area is 189 Å². The van der Waals surface area contributed by atoms with E-state index in [0.29, 0.717) is 16.0 Å². The topological polar surface area (TPSA) is 63.9 Å². The Morgan fingerprint density at radius 3 is 2.29 bits per heavy atom. The summed E-state index contributed by atoms with van der Waals surface area (Å²) in [4.78, 5) is 18.7. The summed E-state index contributed by atoms with van der Waals surface area (Å²) in [5, 5.41) is 9.68. The highest BCUT2D eigenvalue weighted by Crippen LogP contribution is 2.38. The lowest BCUT2D eigenvalue weighted by molar-refractivity contribution is -0.128. The average molecular weight is 450 g/mol. The van der Waals surface area contributed by atoms with Crippen molar-refractivity contribution in [2.45, 2.75) is 10.4 Å². The smallest absolute Gasteiger partial charge is 0.240 e. The Hall–Kier alpha value is -3.16. The molecule has 1 atom stereocenters. The van der Waals surface area contributed by atoms with E-state index in [4.69, 9.17) is 11.6 Å². The fourth-order valence-corrected chi connectivity index (χ4v) is 4.41. The number of aromatic nitrogens is 4. The van der Waals surface area contributed by atoms with E-state index in [0.717, 1.165) is 16.8 Å². The van der Waals surface area contributed by atoms with Gasteiger partial charge in [0.2, 0.25) is 5.91 Å². The Morgan fingerprint density at radius 2 is 1.65 bits per heavy atom. The summed E-state index contributed by atoms with van der Waals surface area (Å²) >= 11 is 7.48. The molecule has 0 saturated heterocycles. The van der Waals surface area contributed by atoms with E-state index < -0.39 is 5.25 Å². The number of pyridine rings is 1. The number of amides is 1. The maximum Gasteiger partial charge on any atom is 0.240 e. The second-order valence-corrected chi connectivity index (χ2v) is 8.50. The number of rotatable bonds is 6. The number of likely N-dealkylation sites (N-methyl/N-ethyl adjacent to an activating group) is 1. The second-order valence-electron chi connectivity index (χ2n) is 7.00. The molecule has 2 heterocycles. The van der Waals surface area contributed by atoms with Crippen LogP contribution in [0.3, 0.4) is 0 Å². The van der Waals surface area contributed by atoms with Crippen molar-refractivity contribution in [3.63, 3.8) is 0 Å². The Kier molecular flexibility index (Phi) is 6.34. The molecular formula is C23H20ClN5OS. The van der Waals surface area contributed by atoms with E-state index in [-0.39, 0.29) is 5.91 Å². The summed E-state index contributed by atoms with van der Waals surface area (Å²) in [7, 11) is 3.51. The maximum atomic E-state index is 13.0. The van der Waals surface area contributed by atoms with Gasteiger partial charge in [0, 0.05) is 42.8 Å². The minimum atomic E-state index is -0.461. The lowest BCUT2D eigenvalue weighted by atomic mass is 10.1. The van der Waals surface area contributed by atoms with Gasteiger partial charge in [0.1, 0.15) is 5.25 Å². The molecule has 4 aromatic rings. The van der Waals surface area contributed by atoms with Crippen LogP contribution in [0.5, 0.6) is 0 Å². The normalized spacial score (nSPS) is 11.8. The van der Waals surface area contributed by atoms with Crippen molar-refractivity contribution in [3.8, 4) is 17.1 Å². The molecule has 2 aromatic heterocycles. The Bertz CT molecular complexity index is 1160. The van der Waals surface area contributed by atoms with Crippen molar-refractivity contribution >= 4 is 29.3 Å². The molecule has 2 aromatic carbocycles. The van der Waals surface area contributed by atoms with Gasteiger partial charge >= 0.3 is 0 Å². The van der Waals surface area contributed by atoms with Gasteiger partial charge in [-0.1, -0.05) is 53.7 Å². The van der Waals surface area contributed by atoms with Gasteiger partial charge in [0.25, 0.3) is 0 Å². The molecule has 0 aliphatic heterocycles. The summed E-state index contributed by atoms with van der Waals surface area (Å²) in [6.45, 7) is 0. The molecule has 1 amide bonds. The first-order chi connectivity index (χ1) is 15.0. The number of hydrogen-bond acceptors (Lipinski definition) is 5. The lowest BCUT2D eigenvalue weighted by Gasteiger charge is -2.20. The molecule has 6 nitrogen and oxygen atoms in total. The number of carbonyl (C=O) groups is 1. The summed E-state index contributed by atoms with van der Waals surface area (Å²) in [6.07, 6.45) is 3.43. The fourth-order valence-electron chi connectivity index (χ4n) is 3.09. The Balaban J connectivity index is 1.83. The van der Waals surface area contributed by atoms with Crippen LogP contribution in [-0.2, 0) is 4.79 Å². The summed E-state index contributed by atoms with van der Waals surface area (Å²) in [6, 6.07) is 20.9. The summed E-state index contributed by atoms with van der Waals surface area (Å²) < 4.78 is 1.94. The predicted octanol–water partition coefficient (Wildman–Crippen LogP) is 4.90. The van der Waals surface area contributed by atoms with Crippen LogP contribution in [-0.4, -0.2) is 44.7 Å². The lowest BCUT2D eigenvalue weighted by Crippen LogP contribution is -2.27. The maximum absolute atomic E-state index is 13.0. The number of nitrogens with zero attached hydrogens (tertiary/aromatic N) is 5. The molecule has 0 unspecified atom stereocenters. The van der Waals surface area contributed by atoms with Gasteiger partial charge in [0.05, 0.1) is 0 Å². The molecule has 0 radical (unpaired) electrons. The van der Waals surface area contributed by atoms with Crippen molar-refractivity contribution in [2.24, 2.45) is 0 Å². The largest absolute Gasteiger partial charge is 0.348 e. The molecule has 0 aliphatic carbocycles. The van der Waals surface area contributed by atoms with Crippen LogP contribution in [0, 0.1) is 0 Å². The molecule has 31 heavy (non-hydrogen) atoms. The van der Waals surface area contributed by atoms with Crippen LogP contribution >= 0.6 is 23.4 Å². The van der Waals surface area contributed by atoms with Gasteiger partial charge in [-0.15, -0.1) is 10.2 Å². The van der Waals surface area contributed by atoms with Gasteiger partial charge < -0.3 is 4.90 Å². The number of benzene rings is 2. The minimum Gasteiger partial charge on any atom is -0.348 e. The van der Waals surface area contributed by atoms with Crippen LogP contribution < -0.4 is 0 Å². The monoisotopic (exact) mass is 449 g/mol. The van der Waals surface area contributed by atoms with E-state index in [1.807, 2.05) is 71.3 Å². The number of halogens is 1. The zero-order chi connectivity index (χ0) is 21.8. The average Bonchev–Trinajstić information content (AvgIpc) is 3.22. The van der Waals surface area contributed by atoms with Crippen molar-refractivity contribution in [1.29, 1.82) is 0 Å². The van der Waals surface area contributed by atoms with Gasteiger partial charge in [-0.3, -0.25) is 14.3 Å². The number of carbonyl (C=O) groups excluding carboxylic acids is 1. The molecule has 156 valence electrons. The minimum absolute atomic E-state index is 0.0210. The molecule has 0 fully saturated rings. The van der Waals surface area contributed by atoms with Gasteiger partial charge in [-0.25, -0.2) is 0 Å². The first kappa shape index (κ1) is 21.1. The van der Waals surface area contributed by atoms with Gasteiger partial charge in [-0.2, -0.15) is 0 Å². The molecule has 0 bridgehead atoms. The van der Waals surface area contributed by atoms with E-state index in [1.165, 1.54) is 11.8 Å². The van der Waals surface area contributed by atoms with Gasteiger partial charge in [0.15, 0.2) is 11.0 Å². The van der Waals surface area contributed by atoms with Crippen LogP contribution in [0.1, 0.15) is 10.8 Å². The van der Waals surface area contributed by atoms with Crippen molar-refractivity contribution in [3.05, 3.63) is 89.7 Å². The van der Waals surface area contributed by atoms with E-state index in [2.05, 4.69) is 15.2 Å². The molecule has 8 heteroatoms. The quantitative estimate of drug-likeness (QED) is 0.391. The second kappa shape index (κ2) is 9.32.